The van der Waals surface area contributed by atoms with Crippen LogP contribution in [0, 0.1) is 23.7 Å². The summed E-state index contributed by atoms with van der Waals surface area (Å²) in [5, 5.41) is 0. The number of amides is 1. The summed E-state index contributed by atoms with van der Waals surface area (Å²) < 4.78 is 5.48. The van der Waals surface area contributed by atoms with E-state index >= 15 is 0 Å². The third-order valence-electron chi connectivity index (χ3n) is 6.99. The first-order chi connectivity index (χ1) is 11.7. The summed E-state index contributed by atoms with van der Waals surface area (Å²) in [7, 11) is 0. The zero-order valence-electron chi connectivity index (χ0n) is 14.9. The van der Waals surface area contributed by atoms with Gasteiger partial charge in [0.15, 0.2) is 0 Å². The standard InChI is InChI=1S/C19H33N3O2/c20-18-15-2-1-3-16(18)11-17(10-15)19(23)22-7-5-21(6-8-22)12-14-4-9-24-13-14/h14-18H,1-13,20H2. The Labute approximate surface area is 145 Å². The van der Waals surface area contributed by atoms with Crippen LogP contribution in [0.25, 0.3) is 0 Å². The van der Waals surface area contributed by atoms with Gasteiger partial charge in [-0.2, -0.15) is 0 Å². The Kier molecular flexibility index (Phi) is 5.11. The average Bonchev–Trinajstić information content (AvgIpc) is 3.08. The van der Waals surface area contributed by atoms with Gasteiger partial charge in [-0.15, -0.1) is 0 Å². The second-order valence-electron chi connectivity index (χ2n) is 8.55. The van der Waals surface area contributed by atoms with Gasteiger partial charge in [0.05, 0.1) is 6.61 Å². The summed E-state index contributed by atoms with van der Waals surface area (Å²) >= 11 is 0. The van der Waals surface area contributed by atoms with Crippen LogP contribution < -0.4 is 5.73 Å². The molecule has 24 heavy (non-hydrogen) atoms. The molecular formula is C19H33N3O2. The lowest BCUT2D eigenvalue weighted by Gasteiger charge is -2.45. The van der Waals surface area contributed by atoms with Crippen LogP contribution in [0.2, 0.25) is 0 Å². The van der Waals surface area contributed by atoms with Crippen molar-refractivity contribution in [2.45, 2.75) is 44.6 Å². The lowest BCUT2D eigenvalue weighted by Crippen LogP contribution is -2.54. The molecule has 0 spiro atoms. The number of ether oxygens (including phenoxy) is 1. The molecule has 136 valence electrons. The van der Waals surface area contributed by atoms with E-state index in [-0.39, 0.29) is 5.92 Å². The van der Waals surface area contributed by atoms with E-state index in [9.17, 15) is 4.79 Å². The lowest BCUT2D eigenvalue weighted by atomic mass is 9.65. The quantitative estimate of drug-likeness (QED) is 0.845. The van der Waals surface area contributed by atoms with E-state index in [4.69, 9.17) is 10.5 Å². The van der Waals surface area contributed by atoms with Crippen molar-refractivity contribution in [2.75, 3.05) is 45.9 Å². The van der Waals surface area contributed by atoms with Gasteiger partial charge < -0.3 is 15.4 Å². The van der Waals surface area contributed by atoms with E-state index in [1.54, 1.807) is 0 Å². The molecule has 0 aromatic heterocycles. The van der Waals surface area contributed by atoms with Crippen LogP contribution in [0.1, 0.15) is 38.5 Å². The van der Waals surface area contributed by atoms with Gasteiger partial charge in [0.1, 0.15) is 0 Å². The van der Waals surface area contributed by atoms with Crippen molar-refractivity contribution in [3.05, 3.63) is 0 Å². The Morgan fingerprint density at radius 1 is 1.04 bits per heavy atom. The van der Waals surface area contributed by atoms with Crippen molar-refractivity contribution in [1.82, 2.24) is 9.80 Å². The highest BCUT2D eigenvalue weighted by molar-refractivity contribution is 5.79. The molecule has 5 nitrogen and oxygen atoms in total. The third kappa shape index (κ3) is 3.49. The van der Waals surface area contributed by atoms with Crippen LogP contribution in [0.3, 0.4) is 0 Å². The Bertz CT molecular complexity index is 430. The molecule has 0 aromatic rings. The Hall–Kier alpha value is -0.650. The first kappa shape index (κ1) is 16.8. The molecule has 4 fully saturated rings. The zero-order valence-corrected chi connectivity index (χ0v) is 14.9. The largest absolute Gasteiger partial charge is 0.381 e. The highest BCUT2D eigenvalue weighted by Crippen LogP contribution is 2.42. The minimum absolute atomic E-state index is 0.245. The van der Waals surface area contributed by atoms with E-state index < -0.39 is 0 Å². The van der Waals surface area contributed by atoms with Gasteiger partial charge in [0, 0.05) is 51.3 Å². The Balaban J connectivity index is 1.27. The van der Waals surface area contributed by atoms with Gasteiger partial charge in [-0.25, -0.2) is 0 Å². The first-order valence-electron chi connectivity index (χ1n) is 10.0. The van der Waals surface area contributed by atoms with E-state index in [0.29, 0.717) is 29.7 Å². The van der Waals surface area contributed by atoms with Crippen molar-refractivity contribution in [3.63, 3.8) is 0 Å². The van der Waals surface area contributed by atoms with Crippen molar-refractivity contribution in [2.24, 2.45) is 29.4 Å². The lowest BCUT2D eigenvalue weighted by molar-refractivity contribution is -0.140. The van der Waals surface area contributed by atoms with Crippen LogP contribution in [0.5, 0.6) is 0 Å². The van der Waals surface area contributed by atoms with Gasteiger partial charge >= 0.3 is 0 Å². The SMILES string of the molecule is NC1C2CCCC1CC(C(=O)N1CCN(CC3CCOC3)CC1)C2. The van der Waals surface area contributed by atoms with Crippen molar-refractivity contribution in [3.8, 4) is 0 Å². The maximum absolute atomic E-state index is 13.0. The van der Waals surface area contributed by atoms with Crippen LogP contribution in [-0.4, -0.2) is 67.7 Å². The molecule has 0 radical (unpaired) electrons. The molecule has 2 bridgehead atoms. The van der Waals surface area contributed by atoms with Crippen molar-refractivity contribution < 1.29 is 9.53 Å². The number of nitrogens with zero attached hydrogens (tertiary/aromatic N) is 2. The fourth-order valence-corrected chi connectivity index (χ4v) is 5.49. The molecule has 4 rings (SSSR count). The summed E-state index contributed by atoms with van der Waals surface area (Å²) in [4.78, 5) is 17.6. The second-order valence-corrected chi connectivity index (χ2v) is 8.55. The molecule has 2 heterocycles. The fourth-order valence-electron chi connectivity index (χ4n) is 5.49. The number of carbonyl (C=O) groups excluding carboxylic acids is 1. The van der Waals surface area contributed by atoms with Crippen LogP contribution in [-0.2, 0) is 9.53 Å². The zero-order chi connectivity index (χ0) is 16.5. The topological polar surface area (TPSA) is 58.8 Å². The minimum Gasteiger partial charge on any atom is -0.381 e. The molecule has 2 N–H and O–H groups in total. The Morgan fingerprint density at radius 3 is 2.38 bits per heavy atom. The molecule has 4 aliphatic rings. The summed E-state index contributed by atoms with van der Waals surface area (Å²) in [5.74, 6) is 2.55. The summed E-state index contributed by atoms with van der Waals surface area (Å²) in [6, 6.07) is 0.355. The van der Waals surface area contributed by atoms with Gasteiger partial charge in [0.25, 0.3) is 0 Å². The third-order valence-corrected chi connectivity index (χ3v) is 6.99. The minimum atomic E-state index is 0.245. The summed E-state index contributed by atoms with van der Waals surface area (Å²) in [6.07, 6.45) is 7.06. The van der Waals surface area contributed by atoms with Crippen molar-refractivity contribution in [1.29, 1.82) is 0 Å². The van der Waals surface area contributed by atoms with Gasteiger partial charge in [0.2, 0.25) is 5.91 Å². The summed E-state index contributed by atoms with van der Waals surface area (Å²) in [6.45, 7) is 6.86. The highest BCUT2D eigenvalue weighted by Gasteiger charge is 2.41. The van der Waals surface area contributed by atoms with Gasteiger partial charge in [-0.05, 0) is 49.9 Å². The fraction of sp³-hybridized carbons (Fsp3) is 0.947. The molecule has 3 atom stereocenters. The number of hydrogen-bond acceptors (Lipinski definition) is 4. The van der Waals surface area contributed by atoms with Crippen LogP contribution in [0.4, 0.5) is 0 Å². The summed E-state index contributed by atoms with van der Waals surface area (Å²) in [5.41, 5.74) is 6.38. The number of rotatable bonds is 3. The molecule has 2 aliphatic heterocycles. The molecule has 3 unspecified atom stereocenters. The number of hydrogen-bond donors (Lipinski definition) is 1. The first-order valence-corrected chi connectivity index (χ1v) is 10.0. The molecule has 2 aliphatic carbocycles. The van der Waals surface area contributed by atoms with Crippen LogP contribution in [0.15, 0.2) is 0 Å². The molecule has 2 saturated carbocycles. The predicted molar refractivity (Wildman–Crippen MR) is 93.5 cm³/mol. The highest BCUT2D eigenvalue weighted by atomic mass is 16.5. The molecule has 0 aromatic carbocycles. The molecule has 2 saturated heterocycles. The predicted octanol–water partition coefficient (Wildman–Crippen LogP) is 1.32. The maximum atomic E-state index is 13.0. The van der Waals surface area contributed by atoms with E-state index in [0.717, 1.165) is 58.8 Å². The van der Waals surface area contributed by atoms with E-state index in [2.05, 4.69) is 9.80 Å². The maximum Gasteiger partial charge on any atom is 0.225 e. The molecule has 5 heteroatoms. The number of fused-ring (bicyclic) bond motifs is 2. The monoisotopic (exact) mass is 335 g/mol. The Morgan fingerprint density at radius 2 is 1.75 bits per heavy atom. The van der Waals surface area contributed by atoms with E-state index in [1.807, 2.05) is 0 Å². The van der Waals surface area contributed by atoms with Crippen LogP contribution >= 0.6 is 0 Å². The van der Waals surface area contributed by atoms with Gasteiger partial charge in [-0.3, -0.25) is 9.69 Å². The van der Waals surface area contributed by atoms with Crippen molar-refractivity contribution >= 4 is 5.91 Å². The molecular weight excluding hydrogens is 302 g/mol. The average molecular weight is 335 g/mol. The second kappa shape index (κ2) is 7.30. The normalized spacial score (nSPS) is 40.7. The molecule has 1 amide bonds. The number of carbonyl (C=O) groups is 1. The van der Waals surface area contributed by atoms with E-state index in [1.165, 1.54) is 25.7 Å². The number of nitrogens with two attached hydrogens (primary N) is 1. The number of piperazine rings is 1. The smallest absolute Gasteiger partial charge is 0.225 e. The van der Waals surface area contributed by atoms with Gasteiger partial charge in [-0.1, -0.05) is 6.42 Å².